The van der Waals surface area contributed by atoms with Crippen molar-refractivity contribution in [1.82, 2.24) is 10.2 Å². The summed E-state index contributed by atoms with van der Waals surface area (Å²) in [6.07, 6.45) is 0.600. The zero-order valence-electron chi connectivity index (χ0n) is 11.6. The van der Waals surface area contributed by atoms with Crippen LogP contribution in [0.2, 0.25) is 0 Å². The predicted octanol–water partition coefficient (Wildman–Crippen LogP) is 1.28. The van der Waals surface area contributed by atoms with E-state index in [0.717, 1.165) is 30.2 Å². The Balaban J connectivity index is 2.09. The molecule has 1 aromatic carbocycles. The van der Waals surface area contributed by atoms with Crippen LogP contribution in [0.25, 0.3) is 0 Å². The molecule has 1 aromatic rings. The molecule has 1 amide bonds. The van der Waals surface area contributed by atoms with E-state index in [1.807, 2.05) is 42.1 Å². The van der Waals surface area contributed by atoms with Crippen molar-refractivity contribution >= 4 is 17.7 Å². The normalized spacial score (nSPS) is 17.6. The molecule has 1 aliphatic heterocycles. The molecule has 110 valence electrons. The van der Waals surface area contributed by atoms with Gasteiger partial charge in [0.1, 0.15) is 6.04 Å². The van der Waals surface area contributed by atoms with Crippen LogP contribution in [0.4, 0.5) is 0 Å². The molecule has 1 saturated heterocycles. The zero-order valence-corrected chi connectivity index (χ0v) is 12.4. The standard InChI is InChI=1S/C15H22N2O2S/c18-10-4-7-16-15(19)14(13-5-2-1-3-6-13)17-8-11-20-12-9-17/h1-3,5-6,14,18H,4,7-12H2,(H,16,19). The van der Waals surface area contributed by atoms with Gasteiger partial charge in [-0.05, 0) is 12.0 Å². The predicted molar refractivity (Wildman–Crippen MR) is 82.8 cm³/mol. The molecule has 0 spiro atoms. The Morgan fingerprint density at radius 3 is 2.65 bits per heavy atom. The number of nitrogens with zero attached hydrogens (tertiary/aromatic N) is 1. The molecule has 2 rings (SSSR count). The SMILES string of the molecule is O=C(NCCCO)C(c1ccccc1)N1CCSCC1. The molecule has 2 N–H and O–H groups in total. The Kier molecular flexibility index (Phi) is 6.36. The number of hydrogen-bond donors (Lipinski definition) is 2. The van der Waals surface area contributed by atoms with E-state index in [2.05, 4.69) is 10.2 Å². The second-order valence-electron chi connectivity index (χ2n) is 4.83. The molecule has 1 aliphatic rings. The van der Waals surface area contributed by atoms with E-state index in [1.54, 1.807) is 0 Å². The lowest BCUT2D eigenvalue weighted by Crippen LogP contribution is -2.44. The van der Waals surface area contributed by atoms with Gasteiger partial charge in [-0.2, -0.15) is 11.8 Å². The Morgan fingerprint density at radius 1 is 1.30 bits per heavy atom. The molecule has 4 nitrogen and oxygen atoms in total. The van der Waals surface area contributed by atoms with Crippen LogP contribution in [0.1, 0.15) is 18.0 Å². The Hall–Kier alpha value is -1.04. The van der Waals surface area contributed by atoms with Gasteiger partial charge in [0.25, 0.3) is 0 Å². The van der Waals surface area contributed by atoms with Gasteiger partial charge in [-0.25, -0.2) is 0 Å². The van der Waals surface area contributed by atoms with Crippen molar-refractivity contribution in [2.45, 2.75) is 12.5 Å². The summed E-state index contributed by atoms with van der Waals surface area (Å²) in [4.78, 5) is 14.7. The van der Waals surface area contributed by atoms with Crippen molar-refractivity contribution in [3.63, 3.8) is 0 Å². The van der Waals surface area contributed by atoms with Crippen molar-refractivity contribution in [2.75, 3.05) is 37.7 Å². The average Bonchev–Trinajstić information content (AvgIpc) is 2.50. The Labute approximate surface area is 124 Å². The lowest BCUT2D eigenvalue weighted by molar-refractivity contribution is -0.126. The molecular weight excluding hydrogens is 272 g/mol. The van der Waals surface area contributed by atoms with Gasteiger partial charge in [0.15, 0.2) is 0 Å². The van der Waals surface area contributed by atoms with Gasteiger partial charge in [0, 0.05) is 37.7 Å². The largest absolute Gasteiger partial charge is 0.396 e. The van der Waals surface area contributed by atoms with Crippen LogP contribution in [0.5, 0.6) is 0 Å². The first-order valence-corrected chi connectivity index (χ1v) is 8.23. The fourth-order valence-electron chi connectivity index (χ4n) is 2.39. The van der Waals surface area contributed by atoms with Crippen molar-refractivity contribution in [3.8, 4) is 0 Å². The molecule has 0 radical (unpaired) electrons. The van der Waals surface area contributed by atoms with Gasteiger partial charge >= 0.3 is 0 Å². The summed E-state index contributed by atoms with van der Waals surface area (Å²) in [5, 5.41) is 11.8. The number of hydrogen-bond acceptors (Lipinski definition) is 4. The lowest BCUT2D eigenvalue weighted by Gasteiger charge is -2.33. The van der Waals surface area contributed by atoms with Crippen LogP contribution < -0.4 is 5.32 Å². The van der Waals surface area contributed by atoms with E-state index in [0.29, 0.717) is 13.0 Å². The second-order valence-corrected chi connectivity index (χ2v) is 6.05. The summed E-state index contributed by atoms with van der Waals surface area (Å²) in [5.41, 5.74) is 1.04. The first-order chi connectivity index (χ1) is 9.83. The highest BCUT2D eigenvalue weighted by atomic mass is 32.2. The zero-order chi connectivity index (χ0) is 14.2. The third-order valence-corrected chi connectivity index (χ3v) is 4.35. The Morgan fingerprint density at radius 2 is 2.00 bits per heavy atom. The molecule has 0 saturated carbocycles. The van der Waals surface area contributed by atoms with Crippen molar-refractivity contribution in [2.24, 2.45) is 0 Å². The van der Waals surface area contributed by atoms with E-state index in [-0.39, 0.29) is 18.6 Å². The van der Waals surface area contributed by atoms with Gasteiger partial charge in [-0.3, -0.25) is 9.69 Å². The van der Waals surface area contributed by atoms with E-state index in [9.17, 15) is 4.79 Å². The monoisotopic (exact) mass is 294 g/mol. The smallest absolute Gasteiger partial charge is 0.241 e. The highest BCUT2D eigenvalue weighted by Gasteiger charge is 2.28. The number of amides is 1. The number of nitrogens with one attached hydrogen (secondary N) is 1. The molecule has 1 fully saturated rings. The minimum absolute atomic E-state index is 0.0385. The fraction of sp³-hybridized carbons (Fsp3) is 0.533. The highest BCUT2D eigenvalue weighted by molar-refractivity contribution is 7.99. The van der Waals surface area contributed by atoms with Gasteiger partial charge in [0.05, 0.1) is 0 Å². The quantitative estimate of drug-likeness (QED) is 0.776. The molecule has 5 heteroatoms. The first kappa shape index (κ1) is 15.4. The number of carbonyl (C=O) groups excluding carboxylic acids is 1. The van der Waals surface area contributed by atoms with Crippen molar-refractivity contribution in [1.29, 1.82) is 0 Å². The van der Waals surface area contributed by atoms with Gasteiger partial charge < -0.3 is 10.4 Å². The number of aliphatic hydroxyl groups is 1. The lowest BCUT2D eigenvalue weighted by atomic mass is 10.0. The molecule has 20 heavy (non-hydrogen) atoms. The van der Waals surface area contributed by atoms with Crippen LogP contribution >= 0.6 is 11.8 Å². The average molecular weight is 294 g/mol. The summed E-state index contributed by atoms with van der Waals surface area (Å²) in [5.74, 6) is 2.19. The number of aliphatic hydroxyl groups excluding tert-OH is 1. The summed E-state index contributed by atoms with van der Waals surface area (Å²) in [7, 11) is 0. The van der Waals surface area contributed by atoms with Gasteiger partial charge in [-0.15, -0.1) is 0 Å². The first-order valence-electron chi connectivity index (χ1n) is 7.08. The summed E-state index contributed by atoms with van der Waals surface area (Å²) < 4.78 is 0. The maximum atomic E-state index is 12.5. The highest BCUT2D eigenvalue weighted by Crippen LogP contribution is 2.24. The number of rotatable bonds is 6. The van der Waals surface area contributed by atoms with Crippen LogP contribution in [0.15, 0.2) is 30.3 Å². The van der Waals surface area contributed by atoms with E-state index < -0.39 is 0 Å². The van der Waals surface area contributed by atoms with Gasteiger partial charge in [0.2, 0.25) is 5.91 Å². The van der Waals surface area contributed by atoms with Crippen LogP contribution in [-0.2, 0) is 4.79 Å². The molecular formula is C15H22N2O2S. The summed E-state index contributed by atoms with van der Waals surface area (Å²) in [6, 6.07) is 9.73. The van der Waals surface area contributed by atoms with E-state index >= 15 is 0 Å². The molecule has 1 unspecified atom stereocenters. The number of carbonyl (C=O) groups is 1. The maximum Gasteiger partial charge on any atom is 0.241 e. The third kappa shape index (κ3) is 4.23. The van der Waals surface area contributed by atoms with Gasteiger partial charge in [-0.1, -0.05) is 30.3 Å². The maximum absolute atomic E-state index is 12.5. The van der Waals surface area contributed by atoms with E-state index in [4.69, 9.17) is 5.11 Å². The van der Waals surface area contributed by atoms with Crippen molar-refractivity contribution in [3.05, 3.63) is 35.9 Å². The molecule has 0 bridgehead atoms. The summed E-state index contributed by atoms with van der Waals surface area (Å²) in [6.45, 7) is 2.52. The topological polar surface area (TPSA) is 52.6 Å². The summed E-state index contributed by atoms with van der Waals surface area (Å²) >= 11 is 1.94. The minimum atomic E-state index is -0.212. The van der Waals surface area contributed by atoms with E-state index in [1.165, 1.54) is 0 Å². The minimum Gasteiger partial charge on any atom is -0.396 e. The number of benzene rings is 1. The Bertz CT molecular complexity index is 408. The van der Waals surface area contributed by atoms with Crippen molar-refractivity contribution < 1.29 is 9.90 Å². The van der Waals surface area contributed by atoms with Crippen LogP contribution in [0, 0.1) is 0 Å². The van der Waals surface area contributed by atoms with Crippen LogP contribution in [0.3, 0.4) is 0 Å². The molecule has 0 aliphatic carbocycles. The number of thioether (sulfide) groups is 1. The second kappa shape index (κ2) is 8.29. The third-order valence-electron chi connectivity index (χ3n) is 3.41. The molecule has 1 heterocycles. The van der Waals surface area contributed by atoms with Crippen LogP contribution in [-0.4, -0.2) is 53.7 Å². The fourth-order valence-corrected chi connectivity index (χ4v) is 3.32. The molecule has 1 atom stereocenters. The molecule has 0 aromatic heterocycles.